The Hall–Kier alpha value is -2.48. The van der Waals surface area contributed by atoms with Crippen LogP contribution < -0.4 is 21.9 Å². The normalized spacial score (nSPS) is 12.2. The molecule has 0 aliphatic heterocycles. The molecule has 0 bridgehead atoms. The molecule has 1 atom stereocenters. The minimum Gasteiger partial charge on any atom is -0.383 e. The highest BCUT2D eigenvalue weighted by Gasteiger charge is 2.28. The van der Waals surface area contributed by atoms with Gasteiger partial charge in [-0.1, -0.05) is 45.4 Å². The third-order valence-corrected chi connectivity index (χ3v) is 5.54. The number of thioether (sulfide) groups is 1. The monoisotopic (exact) mass is 418 g/mol. The summed E-state index contributed by atoms with van der Waals surface area (Å²) in [6.45, 7) is 8.46. The van der Waals surface area contributed by atoms with Crippen molar-refractivity contribution in [1.29, 1.82) is 0 Å². The second-order valence-electron chi connectivity index (χ2n) is 7.41. The lowest BCUT2D eigenvalue weighted by Gasteiger charge is -2.27. The zero-order valence-electron chi connectivity index (χ0n) is 17.5. The quantitative estimate of drug-likeness (QED) is 0.610. The van der Waals surface area contributed by atoms with Crippen LogP contribution in [0.15, 0.2) is 44.8 Å². The van der Waals surface area contributed by atoms with Crippen LogP contribution in [0, 0.1) is 5.92 Å². The van der Waals surface area contributed by atoms with Crippen LogP contribution in [0.25, 0.3) is 0 Å². The van der Waals surface area contributed by atoms with Crippen molar-refractivity contribution < 1.29 is 4.79 Å². The number of amides is 1. The van der Waals surface area contributed by atoms with Gasteiger partial charge in [-0.3, -0.25) is 19.1 Å². The summed E-state index contributed by atoms with van der Waals surface area (Å²) >= 11 is 1.43. The molecule has 7 nitrogen and oxygen atoms in total. The fourth-order valence-corrected chi connectivity index (χ4v) is 3.96. The van der Waals surface area contributed by atoms with Crippen molar-refractivity contribution in [2.45, 2.75) is 57.2 Å². The van der Waals surface area contributed by atoms with E-state index in [1.54, 1.807) is 0 Å². The van der Waals surface area contributed by atoms with Crippen LogP contribution in [0.4, 0.5) is 11.5 Å². The summed E-state index contributed by atoms with van der Waals surface area (Å²) in [4.78, 5) is 42.9. The molecule has 0 aliphatic rings. The number of aromatic amines is 1. The Labute approximate surface area is 175 Å². The highest BCUT2D eigenvalue weighted by atomic mass is 32.2. The third kappa shape index (κ3) is 5.76. The van der Waals surface area contributed by atoms with E-state index in [2.05, 4.69) is 4.98 Å². The number of anilines is 2. The number of nitrogens with two attached hydrogens (primary N) is 1. The topological polar surface area (TPSA) is 101 Å². The second kappa shape index (κ2) is 10.3. The van der Waals surface area contributed by atoms with Crippen LogP contribution in [0.3, 0.4) is 0 Å². The molecule has 0 fully saturated rings. The smallest absolute Gasteiger partial charge is 0.330 e. The number of rotatable bonds is 9. The molecule has 0 spiro atoms. The Morgan fingerprint density at radius 1 is 1.21 bits per heavy atom. The van der Waals surface area contributed by atoms with E-state index in [4.69, 9.17) is 5.73 Å². The van der Waals surface area contributed by atoms with Gasteiger partial charge >= 0.3 is 5.69 Å². The molecule has 0 saturated heterocycles. The summed E-state index contributed by atoms with van der Waals surface area (Å²) in [5, 5.41) is -0.418. The lowest BCUT2D eigenvalue weighted by molar-refractivity contribution is -0.117. The van der Waals surface area contributed by atoms with Crippen LogP contribution >= 0.6 is 11.8 Å². The molecular formula is C21H30N4O3S. The predicted octanol–water partition coefficient (Wildman–Crippen LogP) is 3.09. The molecule has 1 unspecified atom stereocenters. The summed E-state index contributed by atoms with van der Waals surface area (Å²) in [7, 11) is 0. The molecule has 0 radical (unpaired) electrons. The predicted molar refractivity (Wildman–Crippen MR) is 120 cm³/mol. The third-order valence-electron chi connectivity index (χ3n) is 4.44. The Bertz CT molecular complexity index is 937. The van der Waals surface area contributed by atoms with E-state index in [9.17, 15) is 14.4 Å². The largest absolute Gasteiger partial charge is 0.383 e. The Kier molecular flexibility index (Phi) is 8.13. The zero-order valence-corrected chi connectivity index (χ0v) is 18.3. The first-order valence-electron chi connectivity index (χ1n) is 9.91. The number of carbonyl (C=O) groups is 1. The highest BCUT2D eigenvalue weighted by Crippen LogP contribution is 2.27. The average Bonchev–Trinajstić information content (AvgIpc) is 2.67. The van der Waals surface area contributed by atoms with Crippen LogP contribution in [-0.2, 0) is 11.3 Å². The van der Waals surface area contributed by atoms with Crippen LogP contribution in [0.1, 0.15) is 40.5 Å². The van der Waals surface area contributed by atoms with Gasteiger partial charge in [0, 0.05) is 18.0 Å². The Balaban J connectivity index is 2.45. The van der Waals surface area contributed by atoms with E-state index in [1.165, 1.54) is 21.2 Å². The first-order chi connectivity index (χ1) is 13.8. The first-order valence-corrected chi connectivity index (χ1v) is 10.8. The standard InChI is InChI=1S/C21H30N4O3S/c1-5-6-12-24(20(27)15(4)29-16-10-8-7-9-11-16)17-18(22)25(13-14(2)3)21(28)23-19(17)26/h7-11,14-15H,5-6,12-13,22H2,1-4H3,(H,23,26,28). The van der Waals surface area contributed by atoms with Gasteiger partial charge < -0.3 is 10.6 Å². The molecule has 29 heavy (non-hydrogen) atoms. The molecule has 1 aromatic heterocycles. The lowest BCUT2D eigenvalue weighted by Crippen LogP contribution is -2.44. The summed E-state index contributed by atoms with van der Waals surface area (Å²) in [5.41, 5.74) is 5.11. The van der Waals surface area contributed by atoms with Crippen molar-refractivity contribution in [3.8, 4) is 0 Å². The molecule has 1 aromatic carbocycles. The van der Waals surface area contributed by atoms with Gasteiger partial charge in [-0.2, -0.15) is 0 Å². The number of benzene rings is 1. The molecule has 2 aromatic rings. The highest BCUT2D eigenvalue weighted by molar-refractivity contribution is 8.00. The average molecular weight is 419 g/mol. The van der Waals surface area contributed by atoms with E-state index in [0.29, 0.717) is 13.1 Å². The van der Waals surface area contributed by atoms with E-state index in [1.807, 2.05) is 58.0 Å². The number of H-pyrrole nitrogens is 1. The van der Waals surface area contributed by atoms with E-state index >= 15 is 0 Å². The molecule has 158 valence electrons. The van der Waals surface area contributed by atoms with Crippen LogP contribution in [0.2, 0.25) is 0 Å². The molecule has 0 saturated carbocycles. The number of unbranched alkanes of at least 4 members (excludes halogenated alkanes) is 1. The number of nitrogens with one attached hydrogen (secondary N) is 1. The number of hydrogen-bond donors (Lipinski definition) is 2. The maximum atomic E-state index is 13.3. The molecule has 3 N–H and O–H groups in total. The van der Waals surface area contributed by atoms with Crippen molar-refractivity contribution in [2.75, 3.05) is 17.2 Å². The minimum atomic E-state index is -0.631. The van der Waals surface area contributed by atoms with Gasteiger partial charge in [-0.25, -0.2) is 4.79 Å². The summed E-state index contributed by atoms with van der Waals surface area (Å²) < 4.78 is 1.34. The second-order valence-corrected chi connectivity index (χ2v) is 8.83. The minimum absolute atomic E-state index is 0.0359. The van der Waals surface area contributed by atoms with Gasteiger partial charge in [0.15, 0.2) is 5.69 Å². The summed E-state index contributed by atoms with van der Waals surface area (Å²) in [6, 6.07) is 9.63. The molecule has 1 amide bonds. The van der Waals surface area contributed by atoms with Gasteiger partial charge in [0.25, 0.3) is 5.56 Å². The van der Waals surface area contributed by atoms with E-state index < -0.39 is 16.5 Å². The summed E-state index contributed by atoms with van der Waals surface area (Å²) in [6.07, 6.45) is 1.57. The van der Waals surface area contributed by atoms with Crippen molar-refractivity contribution in [3.05, 3.63) is 51.2 Å². The number of hydrogen-bond acceptors (Lipinski definition) is 5. The first kappa shape index (κ1) is 22.8. The SMILES string of the molecule is CCCCN(C(=O)C(C)Sc1ccccc1)c1c(N)n(CC(C)C)c(=O)[nH]c1=O. The zero-order chi connectivity index (χ0) is 21.6. The van der Waals surface area contributed by atoms with Crippen LogP contribution in [-0.4, -0.2) is 27.3 Å². The molecule has 1 heterocycles. The number of carbonyl (C=O) groups excluding carboxylic acids is 1. The van der Waals surface area contributed by atoms with E-state index in [0.717, 1.165) is 17.7 Å². The van der Waals surface area contributed by atoms with Gasteiger partial charge in [-0.15, -0.1) is 11.8 Å². The lowest BCUT2D eigenvalue weighted by atomic mass is 10.2. The maximum absolute atomic E-state index is 13.3. The molecular weight excluding hydrogens is 388 g/mol. The molecule has 2 rings (SSSR count). The fraction of sp³-hybridized carbons (Fsp3) is 0.476. The Morgan fingerprint density at radius 3 is 2.45 bits per heavy atom. The summed E-state index contributed by atoms with van der Waals surface area (Å²) in [5.74, 6) is -0.0193. The van der Waals surface area contributed by atoms with Crippen molar-refractivity contribution in [2.24, 2.45) is 5.92 Å². The van der Waals surface area contributed by atoms with Crippen molar-refractivity contribution in [1.82, 2.24) is 9.55 Å². The van der Waals surface area contributed by atoms with Gasteiger partial charge in [0.1, 0.15) is 5.82 Å². The number of nitrogens with zero attached hydrogens (tertiary/aromatic N) is 2. The molecule has 8 heteroatoms. The number of nitrogen functional groups attached to an aromatic ring is 1. The number of aromatic nitrogens is 2. The fourth-order valence-electron chi connectivity index (χ4n) is 3.01. The molecule has 0 aliphatic carbocycles. The van der Waals surface area contributed by atoms with Crippen LogP contribution in [0.5, 0.6) is 0 Å². The van der Waals surface area contributed by atoms with E-state index in [-0.39, 0.29) is 23.3 Å². The maximum Gasteiger partial charge on any atom is 0.330 e. The van der Waals surface area contributed by atoms with Gasteiger partial charge in [0.2, 0.25) is 5.91 Å². The van der Waals surface area contributed by atoms with Crippen molar-refractivity contribution in [3.63, 3.8) is 0 Å². The van der Waals surface area contributed by atoms with Gasteiger partial charge in [-0.05, 0) is 31.4 Å². The van der Waals surface area contributed by atoms with Gasteiger partial charge in [0.05, 0.1) is 5.25 Å². The van der Waals surface area contributed by atoms with Crippen molar-refractivity contribution >= 4 is 29.2 Å². The Morgan fingerprint density at radius 2 is 1.86 bits per heavy atom.